The second-order valence-corrected chi connectivity index (χ2v) is 8.04. The molecule has 1 atom stereocenters. The Morgan fingerprint density at radius 2 is 1.93 bits per heavy atom. The molecule has 27 heavy (non-hydrogen) atoms. The van der Waals surface area contributed by atoms with E-state index in [9.17, 15) is 9.90 Å². The second-order valence-electron chi connectivity index (χ2n) is 8.04. The van der Waals surface area contributed by atoms with Crippen molar-refractivity contribution in [1.82, 2.24) is 14.8 Å². The number of aromatic nitrogens is 1. The van der Waals surface area contributed by atoms with E-state index in [1.807, 2.05) is 18.2 Å². The van der Waals surface area contributed by atoms with Crippen LogP contribution >= 0.6 is 0 Å². The number of nitrogens with zero attached hydrogens (tertiary/aromatic N) is 3. The van der Waals surface area contributed by atoms with E-state index < -0.39 is 6.09 Å². The summed E-state index contributed by atoms with van der Waals surface area (Å²) in [4.78, 5) is 20.5. The van der Waals surface area contributed by atoms with Crippen molar-refractivity contribution >= 4 is 22.7 Å². The molecule has 4 rings (SSSR count). The van der Waals surface area contributed by atoms with Crippen LogP contribution in [0.4, 0.5) is 4.79 Å². The zero-order valence-electron chi connectivity index (χ0n) is 16.1. The number of rotatable bonds is 2. The van der Waals surface area contributed by atoms with E-state index in [-0.39, 0.29) is 0 Å². The lowest BCUT2D eigenvalue weighted by Crippen LogP contribution is -2.34. The van der Waals surface area contributed by atoms with Gasteiger partial charge in [-0.1, -0.05) is 31.2 Å². The zero-order chi connectivity index (χ0) is 19.0. The van der Waals surface area contributed by atoms with Crippen LogP contribution in [0.5, 0.6) is 0 Å². The molecule has 0 radical (unpaired) electrons. The first-order valence-electron chi connectivity index (χ1n) is 9.81. The van der Waals surface area contributed by atoms with E-state index in [1.54, 1.807) is 0 Å². The Kier molecular flexibility index (Phi) is 4.87. The normalized spacial score (nSPS) is 22.1. The van der Waals surface area contributed by atoms with Gasteiger partial charge < -0.3 is 10.0 Å². The molecule has 1 amide bonds. The number of amides is 1. The molecule has 0 spiro atoms. The second kappa shape index (κ2) is 7.31. The monoisotopic (exact) mass is 365 g/mol. The minimum atomic E-state index is -0.888. The molecule has 0 bridgehead atoms. The van der Waals surface area contributed by atoms with Crippen molar-refractivity contribution in [2.24, 2.45) is 5.92 Å². The van der Waals surface area contributed by atoms with E-state index in [0.717, 1.165) is 60.2 Å². The Bertz CT molecular complexity index is 884. The number of allylic oxidation sites excluding steroid dienone is 1. The summed E-state index contributed by atoms with van der Waals surface area (Å²) in [5.74, 6) is 0.860. The summed E-state index contributed by atoms with van der Waals surface area (Å²) < 4.78 is 0. The third-order valence-electron chi connectivity index (χ3n) is 5.88. The Balaban J connectivity index is 1.67. The van der Waals surface area contributed by atoms with Gasteiger partial charge >= 0.3 is 6.09 Å². The number of benzene rings is 1. The molecule has 1 saturated heterocycles. The number of pyridine rings is 1. The molecule has 1 aromatic carbocycles. The zero-order valence-corrected chi connectivity index (χ0v) is 16.1. The van der Waals surface area contributed by atoms with Crippen LogP contribution in [0.15, 0.2) is 36.4 Å². The summed E-state index contributed by atoms with van der Waals surface area (Å²) >= 11 is 0. The lowest BCUT2D eigenvalue weighted by atomic mass is 9.92. The first kappa shape index (κ1) is 18.0. The molecule has 1 aromatic heterocycles. The van der Waals surface area contributed by atoms with Crippen molar-refractivity contribution in [3.63, 3.8) is 0 Å². The fourth-order valence-electron chi connectivity index (χ4n) is 4.19. The summed E-state index contributed by atoms with van der Waals surface area (Å²) in [5, 5.41) is 10.7. The van der Waals surface area contributed by atoms with Crippen LogP contribution in [-0.4, -0.2) is 52.7 Å². The third kappa shape index (κ3) is 3.69. The van der Waals surface area contributed by atoms with Crippen molar-refractivity contribution < 1.29 is 9.90 Å². The minimum Gasteiger partial charge on any atom is -0.465 e. The summed E-state index contributed by atoms with van der Waals surface area (Å²) in [6, 6.07) is 10.4. The van der Waals surface area contributed by atoms with E-state index in [2.05, 4.69) is 37.1 Å². The maximum Gasteiger partial charge on any atom is 0.411 e. The maximum atomic E-state index is 11.7. The molecule has 0 unspecified atom stereocenters. The Morgan fingerprint density at radius 3 is 2.67 bits per heavy atom. The fourth-order valence-corrected chi connectivity index (χ4v) is 4.19. The number of likely N-dealkylation sites (tertiary alicyclic amines) is 1. The quantitative estimate of drug-likeness (QED) is 0.857. The highest BCUT2D eigenvalue weighted by atomic mass is 16.4. The maximum absolute atomic E-state index is 11.7. The van der Waals surface area contributed by atoms with Gasteiger partial charge in [0.05, 0.1) is 11.2 Å². The topological polar surface area (TPSA) is 56.7 Å². The van der Waals surface area contributed by atoms with Crippen molar-refractivity contribution in [2.75, 3.05) is 26.7 Å². The predicted molar refractivity (Wildman–Crippen MR) is 108 cm³/mol. The number of carboxylic acid groups (broad SMARTS) is 1. The number of fused-ring (bicyclic) bond motifs is 1. The van der Waals surface area contributed by atoms with Crippen LogP contribution in [0.2, 0.25) is 0 Å². The SMILES string of the molecule is C[C@H]1CC=C(c2ccc3ccc(C4CCN(C)CC4)nc3c2)N(C(=O)O)C1. The molecule has 1 fully saturated rings. The molecule has 2 aromatic rings. The number of hydrogen-bond donors (Lipinski definition) is 1. The number of piperidine rings is 1. The van der Waals surface area contributed by atoms with Gasteiger partial charge in [-0.15, -0.1) is 0 Å². The molecule has 1 N–H and O–H groups in total. The average Bonchev–Trinajstić information content (AvgIpc) is 2.67. The molecule has 0 aliphatic carbocycles. The molecule has 142 valence electrons. The van der Waals surface area contributed by atoms with Crippen LogP contribution in [0, 0.1) is 5.92 Å². The molecular formula is C22H27N3O2. The third-order valence-corrected chi connectivity index (χ3v) is 5.88. The van der Waals surface area contributed by atoms with E-state index in [4.69, 9.17) is 4.98 Å². The van der Waals surface area contributed by atoms with Gasteiger partial charge in [0.25, 0.3) is 0 Å². The van der Waals surface area contributed by atoms with Gasteiger partial charge in [0, 0.05) is 29.1 Å². The standard InChI is InChI=1S/C22H27N3O2/c1-15-3-8-21(25(14-15)22(26)27)18-5-4-16-6-7-19(23-20(16)13-18)17-9-11-24(2)12-10-17/h4-8,13,15,17H,3,9-12,14H2,1-2H3,(H,26,27)/t15-/m0/s1. The van der Waals surface area contributed by atoms with Crippen molar-refractivity contribution in [1.29, 1.82) is 0 Å². The predicted octanol–water partition coefficient (Wildman–Crippen LogP) is 4.40. The van der Waals surface area contributed by atoms with Gasteiger partial charge in [-0.25, -0.2) is 4.79 Å². The van der Waals surface area contributed by atoms with Gasteiger partial charge in [-0.3, -0.25) is 9.88 Å². The van der Waals surface area contributed by atoms with Crippen LogP contribution in [-0.2, 0) is 0 Å². The Labute approximate surface area is 160 Å². The van der Waals surface area contributed by atoms with Crippen LogP contribution < -0.4 is 0 Å². The highest BCUT2D eigenvalue weighted by Gasteiger charge is 2.25. The number of carbonyl (C=O) groups is 1. The summed E-state index contributed by atoms with van der Waals surface area (Å²) in [5.41, 5.74) is 3.83. The average molecular weight is 365 g/mol. The summed E-state index contributed by atoms with van der Waals surface area (Å²) in [6.45, 7) is 4.85. The minimum absolute atomic E-state index is 0.347. The lowest BCUT2D eigenvalue weighted by molar-refractivity contribution is 0.159. The smallest absolute Gasteiger partial charge is 0.411 e. The van der Waals surface area contributed by atoms with Crippen LogP contribution in [0.3, 0.4) is 0 Å². The summed E-state index contributed by atoms with van der Waals surface area (Å²) in [7, 11) is 2.17. The largest absolute Gasteiger partial charge is 0.465 e. The van der Waals surface area contributed by atoms with Crippen molar-refractivity contribution in [3.8, 4) is 0 Å². The Morgan fingerprint density at radius 1 is 1.19 bits per heavy atom. The van der Waals surface area contributed by atoms with Crippen molar-refractivity contribution in [2.45, 2.75) is 32.1 Å². The van der Waals surface area contributed by atoms with Gasteiger partial charge in [-0.05, 0) is 57.5 Å². The molecule has 3 heterocycles. The van der Waals surface area contributed by atoms with Gasteiger partial charge in [0.1, 0.15) is 0 Å². The van der Waals surface area contributed by atoms with Crippen LogP contribution in [0.1, 0.15) is 43.4 Å². The van der Waals surface area contributed by atoms with Crippen LogP contribution in [0.25, 0.3) is 16.6 Å². The van der Waals surface area contributed by atoms with E-state index in [1.165, 1.54) is 4.90 Å². The van der Waals surface area contributed by atoms with Gasteiger partial charge in [-0.2, -0.15) is 0 Å². The van der Waals surface area contributed by atoms with Crippen molar-refractivity contribution in [3.05, 3.63) is 47.7 Å². The number of hydrogen-bond acceptors (Lipinski definition) is 3. The Hall–Kier alpha value is -2.40. The van der Waals surface area contributed by atoms with Gasteiger partial charge in [0.15, 0.2) is 0 Å². The molecule has 5 nitrogen and oxygen atoms in total. The highest BCUT2D eigenvalue weighted by Crippen LogP contribution is 2.31. The molecule has 0 saturated carbocycles. The van der Waals surface area contributed by atoms with Gasteiger partial charge in [0.2, 0.25) is 0 Å². The highest BCUT2D eigenvalue weighted by molar-refractivity contribution is 5.87. The summed E-state index contributed by atoms with van der Waals surface area (Å²) in [6.07, 6.45) is 4.35. The fraction of sp³-hybridized carbons (Fsp3) is 0.455. The molecule has 2 aliphatic rings. The molecular weight excluding hydrogens is 338 g/mol. The lowest BCUT2D eigenvalue weighted by Gasteiger charge is -2.30. The van der Waals surface area contributed by atoms with E-state index >= 15 is 0 Å². The first-order chi connectivity index (χ1) is 13.0. The van der Waals surface area contributed by atoms with E-state index in [0.29, 0.717) is 18.4 Å². The molecule has 5 heteroatoms. The first-order valence-corrected chi connectivity index (χ1v) is 9.81. The molecule has 2 aliphatic heterocycles.